The van der Waals surface area contributed by atoms with E-state index >= 15 is 0 Å². The summed E-state index contributed by atoms with van der Waals surface area (Å²) in [6.45, 7) is 17.0. The zero-order valence-corrected chi connectivity index (χ0v) is 17.1. The summed E-state index contributed by atoms with van der Waals surface area (Å²) in [6.07, 6.45) is 0. The van der Waals surface area contributed by atoms with Crippen LogP contribution in [0.5, 0.6) is 0 Å². The van der Waals surface area contributed by atoms with Crippen molar-refractivity contribution in [1.29, 1.82) is 0 Å². The molecular formula is C10H27Cl2NOSi3. The molecule has 0 radical (unpaired) electrons. The highest BCUT2D eigenvalue weighted by Gasteiger charge is 2.50. The van der Waals surface area contributed by atoms with Crippen LogP contribution < -0.4 is 0 Å². The van der Waals surface area contributed by atoms with E-state index < -0.39 is 23.4 Å². The highest BCUT2D eigenvalue weighted by Crippen LogP contribution is 2.44. The Morgan fingerprint density at radius 1 is 0.824 bits per heavy atom. The first-order valence-corrected chi connectivity index (χ1v) is 16.8. The van der Waals surface area contributed by atoms with E-state index in [1.54, 1.807) is 0 Å². The van der Waals surface area contributed by atoms with Crippen LogP contribution in [0.3, 0.4) is 0 Å². The lowest BCUT2D eigenvalue weighted by atomic mass is 10.3. The van der Waals surface area contributed by atoms with Crippen molar-refractivity contribution in [3.8, 4) is 0 Å². The number of hydrogen-bond donors (Lipinski definition) is 0. The average molecular weight is 332 g/mol. The predicted molar refractivity (Wildman–Crippen MR) is 86.8 cm³/mol. The molecule has 0 aliphatic carbocycles. The molecule has 0 N–H and O–H groups in total. The molecule has 0 aliphatic heterocycles. The van der Waals surface area contributed by atoms with Crippen molar-refractivity contribution in [2.45, 2.75) is 65.1 Å². The van der Waals surface area contributed by atoms with E-state index in [1.165, 1.54) is 0 Å². The molecule has 0 saturated heterocycles. The van der Waals surface area contributed by atoms with E-state index in [2.05, 4.69) is 43.7 Å². The molecular weight excluding hydrogens is 305 g/mol. The summed E-state index contributed by atoms with van der Waals surface area (Å²) in [5, 5.41) is -0.187. The zero-order valence-electron chi connectivity index (χ0n) is 12.6. The fourth-order valence-corrected chi connectivity index (χ4v) is 14.2. The maximum absolute atomic E-state index is 6.50. The molecule has 0 bridgehead atoms. The van der Waals surface area contributed by atoms with Crippen LogP contribution >= 0.6 is 22.2 Å². The van der Waals surface area contributed by atoms with Crippen LogP contribution in [0.4, 0.5) is 0 Å². The van der Waals surface area contributed by atoms with Crippen LogP contribution in [0, 0.1) is 0 Å². The van der Waals surface area contributed by atoms with Gasteiger partial charge in [0.1, 0.15) is 16.5 Å². The van der Waals surface area contributed by atoms with E-state index in [-0.39, 0.29) is 5.04 Å². The molecule has 0 rings (SSSR count). The summed E-state index contributed by atoms with van der Waals surface area (Å²) < 4.78 is 8.36. The van der Waals surface area contributed by atoms with Crippen molar-refractivity contribution in [2.24, 2.45) is 0 Å². The third kappa shape index (κ3) is 5.34. The van der Waals surface area contributed by atoms with Crippen molar-refractivity contribution in [2.75, 3.05) is 0 Å². The summed E-state index contributed by atoms with van der Waals surface area (Å²) in [5.41, 5.74) is 0. The van der Waals surface area contributed by atoms with Gasteiger partial charge in [0, 0.05) is 5.04 Å². The van der Waals surface area contributed by atoms with Gasteiger partial charge in [-0.15, -0.1) is 22.2 Å². The van der Waals surface area contributed by atoms with Crippen LogP contribution in [0.25, 0.3) is 0 Å². The van der Waals surface area contributed by atoms with Gasteiger partial charge in [-0.05, 0) is 0 Å². The molecule has 0 amide bonds. The molecule has 7 heteroatoms. The summed E-state index contributed by atoms with van der Waals surface area (Å²) in [4.78, 5) is 0. The minimum absolute atomic E-state index is 0.187. The Morgan fingerprint density at radius 2 is 1.12 bits per heavy atom. The summed E-state index contributed by atoms with van der Waals surface area (Å²) in [5.74, 6) is 0. The van der Waals surface area contributed by atoms with Gasteiger partial charge in [0.2, 0.25) is 0 Å². The van der Waals surface area contributed by atoms with E-state index in [9.17, 15) is 0 Å². The molecule has 0 unspecified atom stereocenters. The quantitative estimate of drug-likeness (QED) is 0.403. The second kappa shape index (κ2) is 5.26. The second-order valence-electron chi connectivity index (χ2n) is 7.49. The maximum Gasteiger partial charge on any atom is 0.410 e. The molecule has 104 valence electrons. The Hall–Kier alpha value is 1.15. The van der Waals surface area contributed by atoms with Crippen molar-refractivity contribution in [3.05, 3.63) is 0 Å². The van der Waals surface area contributed by atoms with Gasteiger partial charge in [-0.25, -0.2) is 4.39 Å². The van der Waals surface area contributed by atoms with Gasteiger partial charge in [-0.1, -0.05) is 60.1 Å². The molecule has 0 spiro atoms. The maximum atomic E-state index is 6.50. The molecule has 0 heterocycles. The lowest BCUT2D eigenvalue weighted by molar-refractivity contribution is 0.0967. The Balaban J connectivity index is 5.17. The third-order valence-corrected chi connectivity index (χ3v) is 15.3. The van der Waals surface area contributed by atoms with Crippen LogP contribution in [0.2, 0.25) is 44.3 Å². The molecule has 17 heavy (non-hydrogen) atoms. The first-order valence-electron chi connectivity index (χ1n) is 5.96. The lowest BCUT2D eigenvalue weighted by Gasteiger charge is -2.47. The normalized spacial score (nSPS) is 15.5. The molecule has 0 fully saturated rings. The standard InChI is InChI=1S/C10H27Cl2NOSi3/c1-10(2,3)17(11,12)14-13(15(4,5)6)16(7,8)9/h1-9H3. The molecule has 0 aromatic rings. The average Bonchev–Trinajstić information content (AvgIpc) is 1.93. The van der Waals surface area contributed by atoms with E-state index in [1.807, 2.05) is 20.8 Å². The largest absolute Gasteiger partial charge is 0.410 e. The summed E-state index contributed by atoms with van der Waals surface area (Å²) in [7, 11) is -3.14. The minimum Gasteiger partial charge on any atom is -0.319 e. The highest BCUT2D eigenvalue weighted by molar-refractivity contribution is 7.43. The van der Waals surface area contributed by atoms with Crippen molar-refractivity contribution in [1.82, 2.24) is 4.39 Å². The SMILES string of the molecule is CC(C)(C)[Si](Cl)(Cl)ON([Si](C)(C)C)[Si](C)(C)C. The number of rotatable bonds is 4. The van der Waals surface area contributed by atoms with Gasteiger partial charge < -0.3 is 4.53 Å². The Bertz CT molecular complexity index is 252. The number of halogens is 2. The first-order chi connectivity index (χ1) is 7.09. The smallest absolute Gasteiger partial charge is 0.319 e. The fourth-order valence-electron chi connectivity index (χ4n) is 1.53. The van der Waals surface area contributed by atoms with Crippen molar-refractivity contribution >= 4 is 45.6 Å². The van der Waals surface area contributed by atoms with Gasteiger partial charge in [0.25, 0.3) is 0 Å². The van der Waals surface area contributed by atoms with Gasteiger partial charge in [-0.2, -0.15) is 0 Å². The van der Waals surface area contributed by atoms with Gasteiger partial charge >= 0.3 is 6.94 Å². The van der Waals surface area contributed by atoms with Crippen LogP contribution in [-0.2, 0) is 4.53 Å². The Kier molecular flexibility index (Phi) is 5.62. The fraction of sp³-hybridized carbons (Fsp3) is 1.00. The van der Waals surface area contributed by atoms with Gasteiger partial charge in [0.05, 0.1) is 0 Å². The zero-order chi connectivity index (χ0) is 14.3. The molecule has 0 aromatic heterocycles. The van der Waals surface area contributed by atoms with Gasteiger partial charge in [0.15, 0.2) is 0 Å². The Labute approximate surface area is 119 Å². The summed E-state index contributed by atoms with van der Waals surface area (Å²) in [6, 6.07) is 0. The van der Waals surface area contributed by atoms with Crippen LogP contribution in [0.1, 0.15) is 20.8 Å². The monoisotopic (exact) mass is 331 g/mol. The number of nitrogens with zero attached hydrogens (tertiary/aromatic N) is 1. The molecule has 0 atom stereocenters. The lowest BCUT2D eigenvalue weighted by Crippen LogP contribution is -2.62. The van der Waals surface area contributed by atoms with E-state index in [0.29, 0.717) is 0 Å². The first kappa shape index (κ1) is 18.2. The Morgan fingerprint density at radius 3 is 1.29 bits per heavy atom. The topological polar surface area (TPSA) is 12.5 Å². The molecule has 0 aliphatic rings. The van der Waals surface area contributed by atoms with E-state index in [4.69, 9.17) is 26.7 Å². The van der Waals surface area contributed by atoms with Crippen LogP contribution in [0.15, 0.2) is 0 Å². The van der Waals surface area contributed by atoms with Crippen molar-refractivity contribution in [3.63, 3.8) is 0 Å². The molecule has 0 saturated carbocycles. The number of hydrogen-bond acceptors (Lipinski definition) is 2. The van der Waals surface area contributed by atoms with Gasteiger partial charge in [-0.3, -0.25) is 0 Å². The second-order valence-corrected chi connectivity index (χ2v) is 23.9. The van der Waals surface area contributed by atoms with Crippen LogP contribution in [-0.4, -0.2) is 27.8 Å². The molecule has 2 nitrogen and oxygen atoms in total. The highest BCUT2D eigenvalue weighted by atomic mass is 35.7. The minimum atomic E-state index is -2.75. The van der Waals surface area contributed by atoms with Crippen molar-refractivity contribution < 1.29 is 4.53 Å². The summed E-state index contributed by atoms with van der Waals surface area (Å²) >= 11 is 13.0. The third-order valence-electron chi connectivity index (χ3n) is 2.30. The van der Waals surface area contributed by atoms with E-state index in [0.717, 1.165) is 0 Å². The predicted octanol–water partition coefficient (Wildman–Crippen LogP) is 5.11. The molecule has 0 aromatic carbocycles.